The molecule has 1 aromatic heterocycles. The van der Waals surface area contributed by atoms with Crippen LogP contribution in [0, 0.1) is 0 Å². The molecule has 0 radical (unpaired) electrons. The lowest BCUT2D eigenvalue weighted by molar-refractivity contribution is -0.140. The molecule has 1 heterocycles. The number of carbonyl (C=O) groups excluding carboxylic acids is 2. The zero-order valence-corrected chi connectivity index (χ0v) is 14.4. The van der Waals surface area contributed by atoms with E-state index in [9.17, 15) is 22.8 Å². The molecule has 0 spiro atoms. The number of nitrogens with zero attached hydrogens (tertiary/aromatic N) is 2. The highest BCUT2D eigenvalue weighted by Gasteiger charge is 2.31. The summed E-state index contributed by atoms with van der Waals surface area (Å²) in [4.78, 5) is 23.3. The Morgan fingerprint density at radius 1 is 1.32 bits per heavy atom. The molecule has 1 amide bonds. The third-order valence-corrected chi connectivity index (χ3v) is 4.64. The summed E-state index contributed by atoms with van der Waals surface area (Å²) in [7, 11) is 0. The summed E-state index contributed by atoms with van der Waals surface area (Å²) in [5.41, 5.74) is -1.06. The SMILES string of the molecule is CCOC(=O)CSc1nnc(NC(=O)c2cccc(C(F)(F)F)c2)s1. The highest BCUT2D eigenvalue weighted by Crippen LogP contribution is 2.30. The van der Waals surface area contributed by atoms with Crippen molar-refractivity contribution in [3.8, 4) is 0 Å². The van der Waals surface area contributed by atoms with E-state index in [-0.39, 0.29) is 23.1 Å². The second kappa shape index (κ2) is 8.30. The summed E-state index contributed by atoms with van der Waals surface area (Å²) < 4.78 is 43.2. The fourth-order valence-corrected chi connectivity index (χ4v) is 3.19. The quantitative estimate of drug-likeness (QED) is 0.461. The van der Waals surface area contributed by atoms with Crippen molar-refractivity contribution < 1.29 is 27.5 Å². The molecule has 0 aliphatic carbocycles. The normalized spacial score (nSPS) is 11.2. The molecule has 2 rings (SSSR count). The van der Waals surface area contributed by atoms with Gasteiger partial charge in [0.25, 0.3) is 5.91 Å². The molecule has 0 saturated carbocycles. The van der Waals surface area contributed by atoms with E-state index in [1.165, 1.54) is 6.07 Å². The van der Waals surface area contributed by atoms with Crippen molar-refractivity contribution in [1.29, 1.82) is 0 Å². The van der Waals surface area contributed by atoms with Crippen molar-refractivity contribution in [2.75, 3.05) is 17.7 Å². The lowest BCUT2D eigenvalue weighted by Crippen LogP contribution is -2.13. The molecule has 6 nitrogen and oxygen atoms in total. The van der Waals surface area contributed by atoms with E-state index >= 15 is 0 Å². The van der Waals surface area contributed by atoms with Crippen LogP contribution in [0.1, 0.15) is 22.8 Å². The van der Waals surface area contributed by atoms with Gasteiger partial charge >= 0.3 is 12.1 Å². The maximum Gasteiger partial charge on any atom is 0.416 e. The molecule has 1 aromatic carbocycles. The predicted octanol–water partition coefficient (Wildman–Crippen LogP) is 3.46. The number of esters is 1. The number of nitrogens with one attached hydrogen (secondary N) is 1. The summed E-state index contributed by atoms with van der Waals surface area (Å²) in [6.07, 6.45) is -4.53. The van der Waals surface area contributed by atoms with Crippen molar-refractivity contribution in [2.24, 2.45) is 0 Å². The molecule has 1 N–H and O–H groups in total. The Bertz CT molecular complexity index is 765. The molecule has 0 aliphatic heterocycles. The van der Waals surface area contributed by atoms with Crippen molar-refractivity contribution in [1.82, 2.24) is 10.2 Å². The Morgan fingerprint density at radius 3 is 2.76 bits per heavy atom. The molecule has 0 fully saturated rings. The average molecular weight is 391 g/mol. The first-order chi connectivity index (χ1) is 11.8. The number of carbonyl (C=O) groups is 2. The van der Waals surface area contributed by atoms with Crippen LogP contribution in [0.5, 0.6) is 0 Å². The van der Waals surface area contributed by atoms with Crippen LogP contribution in [-0.2, 0) is 15.7 Å². The number of aromatic nitrogens is 2. The largest absolute Gasteiger partial charge is 0.465 e. The monoisotopic (exact) mass is 391 g/mol. The van der Waals surface area contributed by atoms with Crippen molar-refractivity contribution in [2.45, 2.75) is 17.4 Å². The van der Waals surface area contributed by atoms with E-state index in [4.69, 9.17) is 4.74 Å². The van der Waals surface area contributed by atoms with Gasteiger partial charge < -0.3 is 4.74 Å². The number of alkyl halides is 3. The number of anilines is 1. The fourth-order valence-electron chi connectivity index (χ4n) is 1.65. The molecule has 0 saturated heterocycles. The minimum absolute atomic E-state index is 0.0457. The Labute approximate surface area is 148 Å². The maximum atomic E-state index is 12.7. The molecular weight excluding hydrogens is 379 g/mol. The van der Waals surface area contributed by atoms with Crippen molar-refractivity contribution in [3.63, 3.8) is 0 Å². The zero-order chi connectivity index (χ0) is 18.4. The van der Waals surface area contributed by atoms with Gasteiger partial charge in [-0.05, 0) is 25.1 Å². The average Bonchev–Trinajstić information content (AvgIpc) is 3.00. The number of hydrogen-bond acceptors (Lipinski definition) is 7. The minimum atomic E-state index is -4.53. The van der Waals surface area contributed by atoms with E-state index in [2.05, 4.69) is 15.5 Å². The number of amides is 1. The Kier molecular flexibility index (Phi) is 6.37. The Balaban J connectivity index is 1.98. The van der Waals surface area contributed by atoms with Gasteiger partial charge in [0.05, 0.1) is 17.9 Å². The Hall–Kier alpha value is -2.14. The molecule has 11 heteroatoms. The lowest BCUT2D eigenvalue weighted by atomic mass is 10.1. The molecule has 25 heavy (non-hydrogen) atoms. The van der Waals surface area contributed by atoms with Crippen LogP contribution >= 0.6 is 23.1 Å². The highest BCUT2D eigenvalue weighted by atomic mass is 32.2. The van der Waals surface area contributed by atoms with Gasteiger partial charge in [-0.15, -0.1) is 10.2 Å². The van der Waals surface area contributed by atoms with Gasteiger partial charge in [0.2, 0.25) is 5.13 Å². The number of benzene rings is 1. The lowest BCUT2D eigenvalue weighted by Gasteiger charge is -2.08. The van der Waals surface area contributed by atoms with Crippen molar-refractivity contribution >= 4 is 40.1 Å². The Morgan fingerprint density at radius 2 is 2.08 bits per heavy atom. The van der Waals surface area contributed by atoms with E-state index in [0.29, 0.717) is 4.34 Å². The van der Waals surface area contributed by atoms with Gasteiger partial charge in [0.1, 0.15) is 0 Å². The smallest absolute Gasteiger partial charge is 0.416 e. The van der Waals surface area contributed by atoms with Gasteiger partial charge in [0, 0.05) is 5.56 Å². The summed E-state index contributed by atoms with van der Waals surface area (Å²) >= 11 is 2.09. The standard InChI is InChI=1S/C14H12F3N3O3S2/c1-2-23-10(21)7-24-13-20-19-12(25-13)18-11(22)8-4-3-5-9(6-8)14(15,16)17/h3-6H,2,7H2,1H3,(H,18,19,22). The molecule has 0 bridgehead atoms. The van der Waals surface area contributed by atoms with Crippen molar-refractivity contribution in [3.05, 3.63) is 35.4 Å². The molecular formula is C14H12F3N3O3S2. The van der Waals surface area contributed by atoms with Crippen LogP contribution in [0.4, 0.5) is 18.3 Å². The number of hydrogen-bond donors (Lipinski definition) is 1. The van der Waals surface area contributed by atoms with Crippen LogP contribution in [0.2, 0.25) is 0 Å². The maximum absolute atomic E-state index is 12.7. The molecule has 0 aliphatic rings. The third kappa shape index (κ3) is 5.71. The highest BCUT2D eigenvalue weighted by molar-refractivity contribution is 8.01. The minimum Gasteiger partial charge on any atom is -0.465 e. The number of rotatable bonds is 6. The topological polar surface area (TPSA) is 81.2 Å². The predicted molar refractivity (Wildman–Crippen MR) is 86.7 cm³/mol. The van der Waals surface area contributed by atoms with E-state index in [1.807, 2.05) is 0 Å². The molecule has 0 unspecified atom stereocenters. The van der Waals surface area contributed by atoms with Gasteiger partial charge in [-0.25, -0.2) is 0 Å². The second-order valence-corrected chi connectivity index (χ2v) is 6.70. The van der Waals surface area contributed by atoms with Crippen LogP contribution in [0.25, 0.3) is 0 Å². The zero-order valence-electron chi connectivity index (χ0n) is 12.8. The first-order valence-corrected chi connectivity index (χ1v) is 8.70. The van der Waals surface area contributed by atoms with Crippen LogP contribution in [-0.4, -0.2) is 34.4 Å². The van der Waals surface area contributed by atoms with Gasteiger partial charge in [-0.1, -0.05) is 29.2 Å². The molecule has 2 aromatic rings. The molecule has 0 atom stereocenters. The van der Waals surface area contributed by atoms with Crippen LogP contribution < -0.4 is 5.32 Å². The van der Waals surface area contributed by atoms with Gasteiger partial charge in [0.15, 0.2) is 4.34 Å². The summed E-state index contributed by atoms with van der Waals surface area (Å²) in [6, 6.07) is 4.05. The molecule has 134 valence electrons. The van der Waals surface area contributed by atoms with Crippen LogP contribution in [0.3, 0.4) is 0 Å². The summed E-state index contributed by atoms with van der Waals surface area (Å²) in [6.45, 7) is 1.96. The fraction of sp³-hybridized carbons (Fsp3) is 0.286. The second-order valence-electron chi connectivity index (χ2n) is 4.50. The summed E-state index contributed by atoms with van der Waals surface area (Å²) in [5, 5.41) is 10.00. The van der Waals surface area contributed by atoms with E-state index < -0.39 is 23.6 Å². The number of ether oxygens (including phenoxy) is 1. The number of thioether (sulfide) groups is 1. The van der Waals surface area contributed by atoms with Crippen LogP contribution in [0.15, 0.2) is 28.6 Å². The van der Waals surface area contributed by atoms with Gasteiger partial charge in [-0.3, -0.25) is 14.9 Å². The first kappa shape index (κ1) is 19.2. The van der Waals surface area contributed by atoms with E-state index in [0.717, 1.165) is 41.3 Å². The first-order valence-electron chi connectivity index (χ1n) is 6.90. The van der Waals surface area contributed by atoms with Gasteiger partial charge in [-0.2, -0.15) is 13.2 Å². The van der Waals surface area contributed by atoms with E-state index in [1.54, 1.807) is 6.92 Å². The summed E-state index contributed by atoms with van der Waals surface area (Å²) in [5.74, 6) is -1.09. The number of halogens is 3. The third-order valence-electron chi connectivity index (χ3n) is 2.70.